The molecule has 0 bridgehead atoms. The van der Waals surface area contributed by atoms with E-state index in [0.717, 1.165) is 16.3 Å². The van der Waals surface area contributed by atoms with Gasteiger partial charge in [-0.2, -0.15) is 0 Å². The number of aromatic nitrogens is 2. The van der Waals surface area contributed by atoms with Crippen LogP contribution in [-0.2, 0) is 22.7 Å². The summed E-state index contributed by atoms with van der Waals surface area (Å²) < 4.78 is 6.65. The molecule has 128 valence electrons. The maximum Gasteiger partial charge on any atom is 0.326 e. The number of para-hydroxylation sites is 1. The van der Waals surface area contributed by atoms with Crippen molar-refractivity contribution in [2.75, 3.05) is 0 Å². The fourth-order valence-corrected chi connectivity index (χ4v) is 2.98. The number of carbonyl (C=O) groups is 1. The molecule has 5 nitrogen and oxygen atoms in total. The molecule has 0 saturated heterocycles. The SMILES string of the molecule is O=C(Cn1cnc2ccccc2c1=O)OCc1cccc2ccccc12. The van der Waals surface area contributed by atoms with Gasteiger partial charge in [-0.15, -0.1) is 0 Å². The number of hydrogen-bond acceptors (Lipinski definition) is 4. The van der Waals surface area contributed by atoms with Gasteiger partial charge in [-0.05, 0) is 28.5 Å². The zero-order valence-corrected chi connectivity index (χ0v) is 14.0. The fraction of sp³-hybridized carbons (Fsp3) is 0.0952. The summed E-state index contributed by atoms with van der Waals surface area (Å²) in [7, 11) is 0. The van der Waals surface area contributed by atoms with Crippen LogP contribution in [0.1, 0.15) is 5.56 Å². The molecule has 0 unspecified atom stereocenters. The summed E-state index contributed by atoms with van der Waals surface area (Å²) in [5.74, 6) is -0.475. The number of ether oxygens (including phenoxy) is 1. The topological polar surface area (TPSA) is 61.2 Å². The van der Waals surface area contributed by atoms with E-state index in [1.807, 2.05) is 48.5 Å². The smallest absolute Gasteiger partial charge is 0.326 e. The minimum Gasteiger partial charge on any atom is -0.459 e. The number of esters is 1. The van der Waals surface area contributed by atoms with Crippen LogP contribution in [0.4, 0.5) is 0 Å². The second-order valence-corrected chi connectivity index (χ2v) is 5.99. The zero-order valence-electron chi connectivity index (χ0n) is 14.0. The van der Waals surface area contributed by atoms with E-state index in [-0.39, 0.29) is 18.7 Å². The van der Waals surface area contributed by atoms with Crippen LogP contribution in [0.3, 0.4) is 0 Å². The van der Waals surface area contributed by atoms with Gasteiger partial charge in [0.1, 0.15) is 13.2 Å². The molecule has 1 heterocycles. The van der Waals surface area contributed by atoms with Crippen LogP contribution >= 0.6 is 0 Å². The predicted octanol–water partition coefficient (Wildman–Crippen LogP) is 3.29. The molecule has 0 saturated carbocycles. The van der Waals surface area contributed by atoms with Crippen molar-refractivity contribution in [3.05, 3.63) is 89.0 Å². The average molecular weight is 344 g/mol. The first-order chi connectivity index (χ1) is 12.7. The van der Waals surface area contributed by atoms with Crippen molar-refractivity contribution in [1.29, 1.82) is 0 Å². The van der Waals surface area contributed by atoms with Crippen LogP contribution in [0.15, 0.2) is 77.9 Å². The van der Waals surface area contributed by atoms with Crippen LogP contribution in [0.5, 0.6) is 0 Å². The van der Waals surface area contributed by atoms with Crippen molar-refractivity contribution in [2.24, 2.45) is 0 Å². The molecule has 0 spiro atoms. The Balaban J connectivity index is 1.51. The minimum atomic E-state index is -0.475. The highest BCUT2D eigenvalue weighted by Crippen LogP contribution is 2.19. The van der Waals surface area contributed by atoms with Crippen molar-refractivity contribution < 1.29 is 9.53 Å². The lowest BCUT2D eigenvalue weighted by molar-refractivity contribution is -0.145. The van der Waals surface area contributed by atoms with E-state index in [1.165, 1.54) is 10.9 Å². The Morgan fingerprint density at radius 2 is 1.65 bits per heavy atom. The Hall–Kier alpha value is -3.47. The van der Waals surface area contributed by atoms with E-state index < -0.39 is 5.97 Å². The van der Waals surface area contributed by atoms with Gasteiger partial charge in [-0.1, -0.05) is 54.6 Å². The quantitative estimate of drug-likeness (QED) is 0.533. The number of fused-ring (bicyclic) bond motifs is 2. The average Bonchev–Trinajstić information content (AvgIpc) is 2.69. The molecule has 0 N–H and O–H groups in total. The van der Waals surface area contributed by atoms with Crippen molar-refractivity contribution in [2.45, 2.75) is 13.2 Å². The van der Waals surface area contributed by atoms with Crippen LogP contribution in [0.25, 0.3) is 21.7 Å². The first kappa shape index (κ1) is 16.0. The highest BCUT2D eigenvalue weighted by molar-refractivity contribution is 5.85. The van der Waals surface area contributed by atoms with Crippen molar-refractivity contribution in [1.82, 2.24) is 9.55 Å². The summed E-state index contributed by atoms with van der Waals surface area (Å²) in [5, 5.41) is 2.63. The third-order valence-electron chi connectivity index (χ3n) is 4.30. The molecule has 4 rings (SSSR count). The molecule has 26 heavy (non-hydrogen) atoms. The molecule has 1 aromatic heterocycles. The second kappa shape index (κ2) is 6.80. The van der Waals surface area contributed by atoms with E-state index in [9.17, 15) is 9.59 Å². The monoisotopic (exact) mass is 344 g/mol. The second-order valence-electron chi connectivity index (χ2n) is 5.99. The molecule has 0 atom stereocenters. The van der Waals surface area contributed by atoms with Crippen LogP contribution in [0, 0.1) is 0 Å². The minimum absolute atomic E-state index is 0.163. The van der Waals surface area contributed by atoms with Gasteiger partial charge >= 0.3 is 5.97 Å². The fourth-order valence-electron chi connectivity index (χ4n) is 2.98. The maximum atomic E-state index is 12.4. The van der Waals surface area contributed by atoms with E-state index in [4.69, 9.17) is 4.74 Å². The number of benzene rings is 3. The maximum absolute atomic E-state index is 12.4. The third-order valence-corrected chi connectivity index (χ3v) is 4.30. The summed E-state index contributed by atoms with van der Waals surface area (Å²) in [6, 6.07) is 20.9. The Labute approximate surface area is 149 Å². The molecular weight excluding hydrogens is 328 g/mol. The Morgan fingerprint density at radius 1 is 0.923 bits per heavy atom. The van der Waals surface area contributed by atoms with Crippen molar-refractivity contribution in [3.63, 3.8) is 0 Å². The van der Waals surface area contributed by atoms with Crippen molar-refractivity contribution in [3.8, 4) is 0 Å². The Bertz CT molecular complexity index is 1160. The van der Waals surface area contributed by atoms with Gasteiger partial charge in [0.15, 0.2) is 0 Å². The Kier molecular flexibility index (Phi) is 4.19. The highest BCUT2D eigenvalue weighted by Gasteiger charge is 2.10. The van der Waals surface area contributed by atoms with Gasteiger partial charge in [0.2, 0.25) is 0 Å². The summed E-state index contributed by atoms with van der Waals surface area (Å²) in [6.45, 7) is -0.00260. The van der Waals surface area contributed by atoms with Crippen LogP contribution in [-0.4, -0.2) is 15.5 Å². The molecular formula is C21H16N2O3. The largest absolute Gasteiger partial charge is 0.459 e. The molecule has 4 aromatic rings. The first-order valence-electron chi connectivity index (χ1n) is 8.29. The number of hydrogen-bond donors (Lipinski definition) is 0. The first-order valence-corrected chi connectivity index (χ1v) is 8.29. The summed E-state index contributed by atoms with van der Waals surface area (Å²) in [6.07, 6.45) is 1.38. The summed E-state index contributed by atoms with van der Waals surface area (Å²) in [5.41, 5.74) is 1.29. The van der Waals surface area contributed by atoms with Gasteiger partial charge in [0.05, 0.1) is 17.2 Å². The third kappa shape index (κ3) is 3.07. The Morgan fingerprint density at radius 3 is 2.54 bits per heavy atom. The predicted molar refractivity (Wildman–Crippen MR) is 99.7 cm³/mol. The van der Waals surface area contributed by atoms with Gasteiger partial charge in [-0.25, -0.2) is 4.98 Å². The lowest BCUT2D eigenvalue weighted by atomic mass is 10.1. The highest BCUT2D eigenvalue weighted by atomic mass is 16.5. The number of carbonyl (C=O) groups excluding carboxylic acids is 1. The van der Waals surface area contributed by atoms with Gasteiger partial charge < -0.3 is 4.74 Å². The lowest BCUT2D eigenvalue weighted by Crippen LogP contribution is -2.25. The normalized spacial score (nSPS) is 10.9. The van der Waals surface area contributed by atoms with Crippen molar-refractivity contribution >= 4 is 27.6 Å². The molecule has 0 radical (unpaired) electrons. The number of rotatable bonds is 4. The number of nitrogens with zero attached hydrogens (tertiary/aromatic N) is 2. The zero-order chi connectivity index (χ0) is 17.9. The van der Waals surface area contributed by atoms with Crippen LogP contribution < -0.4 is 5.56 Å². The van der Waals surface area contributed by atoms with Gasteiger partial charge in [0, 0.05) is 0 Å². The molecule has 0 fully saturated rings. The summed E-state index contributed by atoms with van der Waals surface area (Å²) in [4.78, 5) is 28.8. The van der Waals surface area contributed by atoms with E-state index in [0.29, 0.717) is 10.9 Å². The van der Waals surface area contributed by atoms with Gasteiger partial charge in [-0.3, -0.25) is 14.2 Å². The molecule has 3 aromatic carbocycles. The van der Waals surface area contributed by atoms with E-state index in [2.05, 4.69) is 4.98 Å². The standard InChI is InChI=1S/C21H16N2O3/c24-20(12-23-14-22-19-11-4-3-10-18(19)21(23)25)26-13-16-8-5-7-15-6-1-2-9-17(15)16/h1-11,14H,12-13H2. The van der Waals surface area contributed by atoms with E-state index in [1.54, 1.807) is 18.2 Å². The molecule has 5 heteroatoms. The van der Waals surface area contributed by atoms with Gasteiger partial charge in [0.25, 0.3) is 5.56 Å². The molecule has 0 amide bonds. The van der Waals surface area contributed by atoms with E-state index >= 15 is 0 Å². The lowest BCUT2D eigenvalue weighted by Gasteiger charge is -2.09. The molecule has 0 aliphatic heterocycles. The van der Waals surface area contributed by atoms with Crippen LogP contribution in [0.2, 0.25) is 0 Å². The molecule has 0 aliphatic rings. The molecule has 0 aliphatic carbocycles. The summed E-state index contributed by atoms with van der Waals surface area (Å²) >= 11 is 0.